The van der Waals surface area contributed by atoms with Crippen molar-refractivity contribution in [2.45, 2.75) is 24.0 Å². The molecule has 1 unspecified atom stereocenters. The number of benzene rings is 1. The molecule has 86 valence electrons. The second-order valence-electron chi connectivity index (χ2n) is 4.25. The molecule has 1 heterocycles. The third-order valence-electron chi connectivity index (χ3n) is 2.78. The van der Waals surface area contributed by atoms with Crippen LogP contribution in [0.5, 0.6) is 0 Å². The topological polar surface area (TPSA) is 40.5 Å². The van der Waals surface area contributed by atoms with E-state index in [0.717, 1.165) is 4.90 Å². The van der Waals surface area contributed by atoms with Gasteiger partial charge in [-0.3, -0.25) is 4.79 Å². The molecule has 0 saturated carbocycles. The van der Waals surface area contributed by atoms with Crippen molar-refractivity contribution < 1.29 is 9.90 Å². The number of aliphatic carboxylic acids is 1. The van der Waals surface area contributed by atoms with Crippen molar-refractivity contribution in [1.29, 1.82) is 0 Å². The highest BCUT2D eigenvalue weighted by atomic mass is 32.2. The normalized spacial score (nSPS) is 19.4. The number of carbonyl (C=O) groups is 1. The van der Waals surface area contributed by atoms with E-state index in [4.69, 9.17) is 5.11 Å². The summed E-state index contributed by atoms with van der Waals surface area (Å²) >= 11 is 1.46. The first-order valence-electron chi connectivity index (χ1n) is 5.21. The summed E-state index contributed by atoms with van der Waals surface area (Å²) < 4.78 is 0. The fraction of sp³-hybridized carbons (Fsp3) is 0.417. The Labute approximate surface area is 99.5 Å². The van der Waals surface area contributed by atoms with Gasteiger partial charge in [-0.05, 0) is 31.0 Å². The molecular weight excluding hydrogens is 222 g/mol. The van der Waals surface area contributed by atoms with Gasteiger partial charge in [-0.15, -0.1) is 11.8 Å². The van der Waals surface area contributed by atoms with Gasteiger partial charge in [0, 0.05) is 18.5 Å². The van der Waals surface area contributed by atoms with Crippen LogP contribution >= 0.6 is 11.8 Å². The molecule has 1 N–H and O–H groups in total. The van der Waals surface area contributed by atoms with Gasteiger partial charge in [0.05, 0.1) is 5.69 Å². The summed E-state index contributed by atoms with van der Waals surface area (Å²) in [7, 11) is 1.96. The summed E-state index contributed by atoms with van der Waals surface area (Å²) in [6.07, 6.45) is 0. The minimum atomic E-state index is -0.735. The Kier molecular flexibility index (Phi) is 2.84. The maximum atomic E-state index is 11.0. The van der Waals surface area contributed by atoms with Crippen LogP contribution in [0.4, 0.5) is 5.69 Å². The van der Waals surface area contributed by atoms with E-state index in [2.05, 4.69) is 19.1 Å². The maximum Gasteiger partial charge on any atom is 0.318 e. The molecule has 3 nitrogen and oxygen atoms in total. The molecule has 1 atom stereocenters. The molecule has 0 saturated heterocycles. The number of rotatable bonds is 1. The van der Waals surface area contributed by atoms with Gasteiger partial charge in [-0.2, -0.15) is 0 Å². The van der Waals surface area contributed by atoms with Crippen molar-refractivity contribution in [3.63, 3.8) is 0 Å². The molecule has 1 aliphatic rings. The predicted molar refractivity (Wildman–Crippen MR) is 66.5 cm³/mol. The molecule has 0 aromatic heterocycles. The smallest absolute Gasteiger partial charge is 0.318 e. The van der Waals surface area contributed by atoms with Crippen molar-refractivity contribution >= 4 is 23.4 Å². The van der Waals surface area contributed by atoms with Crippen molar-refractivity contribution in [3.8, 4) is 0 Å². The van der Waals surface area contributed by atoms with Gasteiger partial charge >= 0.3 is 5.97 Å². The van der Waals surface area contributed by atoms with Crippen LogP contribution in [0, 0.1) is 13.8 Å². The zero-order valence-corrected chi connectivity index (χ0v) is 10.5. The van der Waals surface area contributed by atoms with Gasteiger partial charge in [0.2, 0.25) is 0 Å². The van der Waals surface area contributed by atoms with Crippen molar-refractivity contribution in [2.24, 2.45) is 0 Å². The van der Waals surface area contributed by atoms with Crippen LogP contribution in [0.2, 0.25) is 0 Å². The van der Waals surface area contributed by atoms with Crippen LogP contribution in [0.3, 0.4) is 0 Å². The summed E-state index contributed by atoms with van der Waals surface area (Å²) in [5, 5.41) is 8.71. The zero-order valence-electron chi connectivity index (χ0n) is 9.65. The van der Waals surface area contributed by atoms with E-state index in [0.29, 0.717) is 6.54 Å². The maximum absolute atomic E-state index is 11.0. The molecule has 0 fully saturated rings. The van der Waals surface area contributed by atoms with E-state index in [9.17, 15) is 4.79 Å². The Morgan fingerprint density at radius 3 is 2.81 bits per heavy atom. The molecule has 0 amide bonds. The fourth-order valence-corrected chi connectivity index (χ4v) is 3.55. The number of anilines is 1. The number of fused-ring (bicyclic) bond motifs is 1. The van der Waals surface area contributed by atoms with E-state index in [1.54, 1.807) is 0 Å². The highest BCUT2D eigenvalue weighted by molar-refractivity contribution is 8.00. The SMILES string of the molecule is Cc1cc(C)c2c(c1)SC(C(=O)O)CN2C. The molecule has 1 aromatic rings. The van der Waals surface area contributed by atoms with E-state index < -0.39 is 5.97 Å². The Hall–Kier alpha value is -1.16. The molecule has 0 bridgehead atoms. The summed E-state index contributed by atoms with van der Waals surface area (Å²) in [4.78, 5) is 14.2. The van der Waals surface area contributed by atoms with Gasteiger partial charge in [-0.25, -0.2) is 0 Å². The monoisotopic (exact) mass is 237 g/mol. The summed E-state index contributed by atoms with van der Waals surface area (Å²) in [6, 6.07) is 4.20. The second-order valence-corrected chi connectivity index (χ2v) is 5.50. The average Bonchev–Trinajstić information content (AvgIpc) is 2.15. The van der Waals surface area contributed by atoms with Crippen LogP contribution in [0.15, 0.2) is 17.0 Å². The summed E-state index contributed by atoms with van der Waals surface area (Å²) in [5.41, 5.74) is 3.57. The first-order valence-corrected chi connectivity index (χ1v) is 6.09. The molecule has 1 aromatic carbocycles. The van der Waals surface area contributed by atoms with Crippen LogP contribution in [0.25, 0.3) is 0 Å². The lowest BCUT2D eigenvalue weighted by molar-refractivity contribution is -0.136. The van der Waals surface area contributed by atoms with Gasteiger partial charge in [0.25, 0.3) is 0 Å². The third kappa shape index (κ3) is 1.89. The third-order valence-corrected chi connectivity index (χ3v) is 3.98. The number of carboxylic acid groups (broad SMARTS) is 1. The van der Waals surface area contributed by atoms with E-state index in [-0.39, 0.29) is 5.25 Å². The Morgan fingerprint density at radius 2 is 2.19 bits per heavy atom. The molecule has 1 aliphatic heterocycles. The quantitative estimate of drug-likeness (QED) is 0.813. The van der Waals surface area contributed by atoms with Gasteiger partial charge in [0.15, 0.2) is 0 Å². The molecule has 2 rings (SSSR count). The first kappa shape index (κ1) is 11.3. The number of aryl methyl sites for hydroxylation is 2. The molecular formula is C12H15NO2S. The lowest BCUT2D eigenvalue weighted by atomic mass is 10.1. The number of carboxylic acids is 1. The van der Waals surface area contributed by atoms with Crippen LogP contribution in [-0.2, 0) is 4.79 Å². The van der Waals surface area contributed by atoms with E-state index in [1.165, 1.54) is 28.6 Å². The van der Waals surface area contributed by atoms with Crippen LogP contribution < -0.4 is 4.90 Å². The molecule has 0 aliphatic carbocycles. The zero-order chi connectivity index (χ0) is 11.9. The van der Waals surface area contributed by atoms with E-state index >= 15 is 0 Å². The lowest BCUT2D eigenvalue weighted by Crippen LogP contribution is -2.36. The predicted octanol–water partition coefficient (Wildman–Crippen LogP) is 2.30. The van der Waals surface area contributed by atoms with Crippen molar-refractivity contribution in [3.05, 3.63) is 23.3 Å². The number of hydrogen-bond donors (Lipinski definition) is 1. The highest BCUT2D eigenvalue weighted by Gasteiger charge is 2.29. The van der Waals surface area contributed by atoms with Gasteiger partial charge in [-0.1, -0.05) is 6.07 Å². The van der Waals surface area contributed by atoms with Crippen LogP contribution in [-0.4, -0.2) is 29.9 Å². The number of thioether (sulfide) groups is 1. The van der Waals surface area contributed by atoms with Crippen molar-refractivity contribution in [1.82, 2.24) is 0 Å². The summed E-state index contributed by atoms with van der Waals surface area (Å²) in [5.74, 6) is -0.735. The molecule has 0 radical (unpaired) electrons. The highest BCUT2D eigenvalue weighted by Crippen LogP contribution is 2.40. The molecule has 16 heavy (non-hydrogen) atoms. The van der Waals surface area contributed by atoms with Gasteiger partial charge < -0.3 is 10.0 Å². The molecule has 4 heteroatoms. The van der Waals surface area contributed by atoms with Gasteiger partial charge in [0.1, 0.15) is 5.25 Å². The lowest BCUT2D eigenvalue weighted by Gasteiger charge is -2.32. The molecule has 0 spiro atoms. The minimum absolute atomic E-state index is 0.362. The Morgan fingerprint density at radius 1 is 1.50 bits per heavy atom. The first-order chi connectivity index (χ1) is 7.49. The second kappa shape index (κ2) is 4.01. The number of nitrogens with zero attached hydrogens (tertiary/aromatic N) is 1. The Balaban J connectivity index is 2.46. The Bertz CT molecular complexity index is 445. The largest absolute Gasteiger partial charge is 0.480 e. The summed E-state index contributed by atoms with van der Waals surface area (Å²) in [6.45, 7) is 4.68. The standard InChI is InChI=1S/C12H15NO2S/c1-7-4-8(2)11-9(5-7)16-10(12(14)15)6-13(11)3/h4-5,10H,6H2,1-3H3,(H,14,15). The fourth-order valence-electron chi connectivity index (χ4n) is 2.16. The number of hydrogen-bond acceptors (Lipinski definition) is 3. The minimum Gasteiger partial charge on any atom is -0.480 e. The van der Waals surface area contributed by atoms with Crippen LogP contribution in [0.1, 0.15) is 11.1 Å². The average molecular weight is 237 g/mol. The van der Waals surface area contributed by atoms with E-state index in [1.807, 2.05) is 18.9 Å². The van der Waals surface area contributed by atoms with Crippen molar-refractivity contribution in [2.75, 3.05) is 18.5 Å².